The first-order valence-electron chi connectivity index (χ1n) is 10.7. The second-order valence-corrected chi connectivity index (χ2v) is 8.35. The lowest BCUT2D eigenvalue weighted by Crippen LogP contribution is -2.49. The molecule has 31 heavy (non-hydrogen) atoms. The Morgan fingerprint density at radius 2 is 1.81 bits per heavy atom. The molecule has 1 aromatic heterocycles. The lowest BCUT2D eigenvalue weighted by atomic mass is 10.1. The molecule has 0 aliphatic carbocycles. The molecule has 0 unspecified atom stereocenters. The Bertz CT molecular complexity index is 967. The molecule has 0 bridgehead atoms. The van der Waals surface area contributed by atoms with Gasteiger partial charge >= 0.3 is 0 Å². The summed E-state index contributed by atoms with van der Waals surface area (Å²) in [5.41, 5.74) is 2.79. The van der Waals surface area contributed by atoms with E-state index in [1.165, 1.54) is 16.9 Å². The van der Waals surface area contributed by atoms with Gasteiger partial charge in [-0.3, -0.25) is 9.69 Å². The number of piperazine rings is 1. The maximum Gasteiger partial charge on any atom is 0.273 e. The standard InChI is InChI=1S/C24H28N4O2S/c1-2-30-21-10-8-20(9-11-21)25-24-26-22(18-31-24)23(29)28-16-14-27(15-17-28)13-12-19-6-4-3-5-7-19/h3-11,18H,2,12-17H2,1H3,(H,25,26). The van der Waals surface area contributed by atoms with E-state index in [9.17, 15) is 4.79 Å². The molecule has 3 aromatic rings. The SMILES string of the molecule is CCOc1ccc(Nc2nc(C(=O)N3CCN(CCc4ccccc4)CC3)cs2)cc1. The number of amides is 1. The van der Waals surface area contributed by atoms with E-state index < -0.39 is 0 Å². The third kappa shape index (κ3) is 5.83. The molecule has 0 atom stereocenters. The number of hydrogen-bond acceptors (Lipinski definition) is 6. The maximum absolute atomic E-state index is 12.9. The van der Waals surface area contributed by atoms with Gasteiger partial charge in [-0.2, -0.15) is 0 Å². The van der Waals surface area contributed by atoms with E-state index in [0.717, 1.165) is 50.6 Å². The minimum Gasteiger partial charge on any atom is -0.494 e. The third-order valence-corrected chi connectivity index (χ3v) is 6.12. The van der Waals surface area contributed by atoms with Crippen LogP contribution >= 0.6 is 11.3 Å². The van der Waals surface area contributed by atoms with E-state index in [-0.39, 0.29) is 5.91 Å². The smallest absolute Gasteiger partial charge is 0.273 e. The summed E-state index contributed by atoms with van der Waals surface area (Å²) in [5.74, 6) is 0.852. The Morgan fingerprint density at radius 1 is 1.06 bits per heavy atom. The summed E-state index contributed by atoms with van der Waals surface area (Å²) in [4.78, 5) is 21.7. The number of ether oxygens (including phenoxy) is 1. The largest absolute Gasteiger partial charge is 0.494 e. The van der Waals surface area contributed by atoms with Crippen LogP contribution in [0, 0.1) is 0 Å². The zero-order valence-corrected chi connectivity index (χ0v) is 18.6. The van der Waals surface area contributed by atoms with Crippen LogP contribution in [0.3, 0.4) is 0 Å². The van der Waals surface area contributed by atoms with Crippen molar-refractivity contribution in [2.24, 2.45) is 0 Å². The van der Waals surface area contributed by atoms with Gasteiger partial charge in [0.05, 0.1) is 6.61 Å². The predicted octanol–water partition coefficient (Wildman–Crippen LogP) is 4.29. The molecular weight excluding hydrogens is 408 g/mol. The quantitative estimate of drug-likeness (QED) is 0.571. The van der Waals surface area contributed by atoms with E-state index in [1.807, 2.05) is 47.5 Å². The molecule has 0 saturated carbocycles. The van der Waals surface area contributed by atoms with Gasteiger partial charge < -0.3 is 15.0 Å². The summed E-state index contributed by atoms with van der Waals surface area (Å²) in [6.45, 7) is 6.93. The Morgan fingerprint density at radius 3 is 2.52 bits per heavy atom. The van der Waals surface area contributed by atoms with E-state index in [1.54, 1.807) is 0 Å². The fourth-order valence-electron chi connectivity index (χ4n) is 3.62. The van der Waals surface area contributed by atoms with Crippen molar-refractivity contribution in [3.05, 3.63) is 71.2 Å². The Kier molecular flexibility index (Phi) is 7.17. The molecule has 6 nitrogen and oxygen atoms in total. The van der Waals surface area contributed by atoms with Gasteiger partial charge in [0.15, 0.2) is 5.13 Å². The number of nitrogens with zero attached hydrogens (tertiary/aromatic N) is 3. The first kappa shape index (κ1) is 21.3. The van der Waals surface area contributed by atoms with Gasteiger partial charge in [-0.05, 0) is 43.2 Å². The van der Waals surface area contributed by atoms with Crippen LogP contribution in [0.2, 0.25) is 0 Å². The van der Waals surface area contributed by atoms with Crippen molar-refractivity contribution in [2.75, 3.05) is 44.6 Å². The van der Waals surface area contributed by atoms with Crippen molar-refractivity contribution in [3.8, 4) is 5.75 Å². The molecule has 1 aliphatic rings. The number of hydrogen-bond donors (Lipinski definition) is 1. The van der Waals surface area contributed by atoms with E-state index in [0.29, 0.717) is 17.4 Å². The highest BCUT2D eigenvalue weighted by molar-refractivity contribution is 7.14. The summed E-state index contributed by atoms with van der Waals surface area (Å²) in [6, 6.07) is 18.3. The highest BCUT2D eigenvalue weighted by atomic mass is 32.1. The topological polar surface area (TPSA) is 57.7 Å². The van der Waals surface area contributed by atoms with Crippen molar-refractivity contribution in [2.45, 2.75) is 13.3 Å². The molecule has 4 rings (SSSR count). The number of carbonyl (C=O) groups is 1. The van der Waals surface area contributed by atoms with Crippen molar-refractivity contribution in [3.63, 3.8) is 0 Å². The summed E-state index contributed by atoms with van der Waals surface area (Å²) in [6.07, 6.45) is 1.04. The normalized spacial score (nSPS) is 14.4. The molecular formula is C24H28N4O2S. The van der Waals surface area contributed by atoms with E-state index >= 15 is 0 Å². The molecule has 2 heterocycles. The molecule has 0 spiro atoms. The Labute approximate surface area is 187 Å². The number of rotatable bonds is 8. The van der Waals surface area contributed by atoms with Crippen LogP contribution < -0.4 is 10.1 Å². The van der Waals surface area contributed by atoms with Gasteiger partial charge in [0.2, 0.25) is 0 Å². The highest BCUT2D eigenvalue weighted by Crippen LogP contribution is 2.24. The summed E-state index contributed by atoms with van der Waals surface area (Å²) < 4.78 is 5.46. The van der Waals surface area contributed by atoms with Crippen LogP contribution in [0.4, 0.5) is 10.8 Å². The number of aromatic nitrogens is 1. The average Bonchev–Trinajstić information content (AvgIpc) is 3.28. The van der Waals surface area contributed by atoms with Gasteiger partial charge in [0.1, 0.15) is 11.4 Å². The van der Waals surface area contributed by atoms with E-state index in [2.05, 4.69) is 39.5 Å². The predicted molar refractivity (Wildman–Crippen MR) is 125 cm³/mol. The third-order valence-electron chi connectivity index (χ3n) is 5.36. The van der Waals surface area contributed by atoms with Gasteiger partial charge in [0.25, 0.3) is 5.91 Å². The number of thiazole rings is 1. The molecule has 162 valence electrons. The molecule has 1 aliphatic heterocycles. The number of carbonyl (C=O) groups excluding carboxylic acids is 1. The molecule has 1 amide bonds. The molecule has 0 radical (unpaired) electrons. The van der Waals surface area contributed by atoms with Crippen LogP contribution in [0.1, 0.15) is 23.0 Å². The Balaban J connectivity index is 1.26. The van der Waals surface area contributed by atoms with E-state index in [4.69, 9.17) is 4.74 Å². The van der Waals surface area contributed by atoms with Gasteiger partial charge in [-0.15, -0.1) is 11.3 Å². The number of anilines is 2. The van der Waals surface area contributed by atoms with Gasteiger partial charge in [-0.1, -0.05) is 30.3 Å². The van der Waals surface area contributed by atoms with Crippen LogP contribution in [-0.4, -0.2) is 60.0 Å². The first-order chi connectivity index (χ1) is 15.2. The van der Waals surface area contributed by atoms with Crippen LogP contribution in [0.25, 0.3) is 0 Å². The minimum atomic E-state index is 0.0127. The van der Waals surface area contributed by atoms with Crippen molar-refractivity contribution >= 4 is 28.1 Å². The fraction of sp³-hybridized carbons (Fsp3) is 0.333. The summed E-state index contributed by atoms with van der Waals surface area (Å²) >= 11 is 1.45. The lowest BCUT2D eigenvalue weighted by Gasteiger charge is -2.34. The van der Waals surface area contributed by atoms with Crippen LogP contribution in [0.15, 0.2) is 60.0 Å². The monoisotopic (exact) mass is 436 g/mol. The maximum atomic E-state index is 12.9. The molecule has 1 N–H and O–H groups in total. The van der Waals surface area contributed by atoms with Crippen molar-refractivity contribution < 1.29 is 9.53 Å². The van der Waals surface area contributed by atoms with Crippen molar-refractivity contribution in [1.82, 2.24) is 14.8 Å². The first-order valence-corrected chi connectivity index (χ1v) is 11.6. The minimum absolute atomic E-state index is 0.0127. The highest BCUT2D eigenvalue weighted by Gasteiger charge is 2.23. The summed E-state index contributed by atoms with van der Waals surface area (Å²) in [5, 5.41) is 5.81. The van der Waals surface area contributed by atoms with Crippen LogP contribution in [0.5, 0.6) is 5.75 Å². The number of nitrogens with one attached hydrogen (secondary N) is 1. The van der Waals surface area contributed by atoms with Gasteiger partial charge in [-0.25, -0.2) is 4.98 Å². The lowest BCUT2D eigenvalue weighted by molar-refractivity contribution is 0.0633. The second-order valence-electron chi connectivity index (χ2n) is 7.49. The zero-order chi connectivity index (χ0) is 21.5. The van der Waals surface area contributed by atoms with Gasteiger partial charge in [0, 0.05) is 43.8 Å². The van der Waals surface area contributed by atoms with Crippen molar-refractivity contribution in [1.29, 1.82) is 0 Å². The fourth-order valence-corrected chi connectivity index (χ4v) is 4.33. The molecule has 2 aromatic carbocycles. The zero-order valence-electron chi connectivity index (χ0n) is 17.8. The molecule has 1 saturated heterocycles. The molecule has 7 heteroatoms. The Hall–Kier alpha value is -2.90. The van der Waals surface area contributed by atoms with Crippen LogP contribution in [-0.2, 0) is 6.42 Å². The second kappa shape index (κ2) is 10.4. The molecule has 1 fully saturated rings. The summed E-state index contributed by atoms with van der Waals surface area (Å²) in [7, 11) is 0. The average molecular weight is 437 g/mol. The number of benzene rings is 2.